The molecule has 3 aromatic rings. The first-order valence-corrected chi connectivity index (χ1v) is 7.16. The van der Waals surface area contributed by atoms with Crippen LogP contribution in [0.2, 0.25) is 0 Å². The fourth-order valence-electron chi connectivity index (χ4n) is 2.38. The second kappa shape index (κ2) is 6.11. The Balaban J connectivity index is 1.75. The van der Waals surface area contributed by atoms with Crippen LogP contribution in [0.1, 0.15) is 30.2 Å². The van der Waals surface area contributed by atoms with Crippen molar-refractivity contribution in [3.05, 3.63) is 66.0 Å². The Morgan fingerprint density at radius 2 is 2.18 bits per heavy atom. The average molecular weight is 299 g/mol. The van der Waals surface area contributed by atoms with Gasteiger partial charge in [0.1, 0.15) is 17.5 Å². The molecule has 0 fully saturated rings. The summed E-state index contributed by atoms with van der Waals surface area (Å²) in [6.07, 6.45) is 6.91. The van der Waals surface area contributed by atoms with Crippen molar-refractivity contribution in [2.75, 3.05) is 0 Å². The second-order valence-corrected chi connectivity index (χ2v) is 5.19. The standard InChI is InChI=1S/C16H18FN5/c1-11(21-10-16-19-5-6-20-16)13-3-4-15(14(17)9-13)22-8-7-18-12(22)2/h3-9,11,21H,10H2,1-2H3,(H,19,20). The molecular formula is C16H18FN5. The van der Waals surface area contributed by atoms with Crippen LogP contribution in [-0.4, -0.2) is 19.5 Å². The van der Waals surface area contributed by atoms with Crippen molar-refractivity contribution in [2.24, 2.45) is 0 Å². The minimum Gasteiger partial charge on any atom is -0.348 e. The Labute approximate surface area is 128 Å². The van der Waals surface area contributed by atoms with E-state index in [9.17, 15) is 4.39 Å². The monoisotopic (exact) mass is 299 g/mol. The third-order valence-corrected chi connectivity index (χ3v) is 3.69. The van der Waals surface area contributed by atoms with Crippen LogP contribution < -0.4 is 5.32 Å². The van der Waals surface area contributed by atoms with Crippen LogP contribution in [0.5, 0.6) is 0 Å². The Bertz CT molecular complexity index is 748. The third kappa shape index (κ3) is 2.92. The van der Waals surface area contributed by atoms with Crippen LogP contribution in [0, 0.1) is 12.7 Å². The largest absolute Gasteiger partial charge is 0.348 e. The zero-order valence-corrected chi connectivity index (χ0v) is 12.5. The van der Waals surface area contributed by atoms with Crippen molar-refractivity contribution in [3.63, 3.8) is 0 Å². The lowest BCUT2D eigenvalue weighted by Crippen LogP contribution is -2.19. The zero-order chi connectivity index (χ0) is 15.5. The van der Waals surface area contributed by atoms with Crippen LogP contribution in [0.15, 0.2) is 43.0 Å². The van der Waals surface area contributed by atoms with Crippen LogP contribution >= 0.6 is 0 Å². The Morgan fingerprint density at radius 3 is 2.82 bits per heavy atom. The Morgan fingerprint density at radius 1 is 1.32 bits per heavy atom. The summed E-state index contributed by atoms with van der Waals surface area (Å²) < 4.78 is 16.1. The fourth-order valence-corrected chi connectivity index (χ4v) is 2.38. The zero-order valence-electron chi connectivity index (χ0n) is 12.5. The molecule has 0 bridgehead atoms. The first kappa shape index (κ1) is 14.5. The SMILES string of the molecule is Cc1nccn1-c1ccc(C(C)NCc2ncc[nH]2)cc1F. The van der Waals surface area contributed by atoms with E-state index >= 15 is 0 Å². The van der Waals surface area contributed by atoms with Gasteiger partial charge in [-0.05, 0) is 31.5 Å². The number of hydrogen-bond acceptors (Lipinski definition) is 3. The van der Waals surface area contributed by atoms with Gasteiger partial charge in [0.25, 0.3) is 0 Å². The molecule has 1 aromatic carbocycles. The van der Waals surface area contributed by atoms with Gasteiger partial charge < -0.3 is 14.9 Å². The Hall–Kier alpha value is -2.47. The number of aromatic nitrogens is 4. The topological polar surface area (TPSA) is 58.5 Å². The van der Waals surface area contributed by atoms with E-state index in [4.69, 9.17) is 0 Å². The fraction of sp³-hybridized carbons (Fsp3) is 0.250. The molecule has 2 N–H and O–H groups in total. The van der Waals surface area contributed by atoms with Crippen molar-refractivity contribution < 1.29 is 4.39 Å². The molecule has 0 radical (unpaired) electrons. The van der Waals surface area contributed by atoms with Gasteiger partial charge in [-0.15, -0.1) is 0 Å². The summed E-state index contributed by atoms with van der Waals surface area (Å²) in [5.74, 6) is 1.36. The first-order valence-electron chi connectivity index (χ1n) is 7.16. The van der Waals surface area contributed by atoms with Crippen molar-refractivity contribution in [1.29, 1.82) is 0 Å². The molecule has 3 rings (SSSR count). The van der Waals surface area contributed by atoms with E-state index in [0.29, 0.717) is 12.2 Å². The van der Waals surface area contributed by atoms with Crippen molar-refractivity contribution >= 4 is 0 Å². The van der Waals surface area contributed by atoms with E-state index in [1.807, 2.05) is 19.9 Å². The van der Waals surface area contributed by atoms with Crippen molar-refractivity contribution in [2.45, 2.75) is 26.4 Å². The molecule has 6 heteroatoms. The number of imidazole rings is 2. The lowest BCUT2D eigenvalue weighted by atomic mass is 10.1. The molecule has 1 unspecified atom stereocenters. The molecule has 1 atom stereocenters. The first-order chi connectivity index (χ1) is 10.6. The predicted molar refractivity (Wildman–Crippen MR) is 82.1 cm³/mol. The average Bonchev–Trinajstić information content (AvgIpc) is 3.16. The normalized spacial score (nSPS) is 12.5. The summed E-state index contributed by atoms with van der Waals surface area (Å²) in [6, 6.07) is 5.30. The third-order valence-electron chi connectivity index (χ3n) is 3.69. The molecule has 0 saturated heterocycles. The number of nitrogens with one attached hydrogen (secondary N) is 2. The maximum absolute atomic E-state index is 14.4. The van der Waals surface area contributed by atoms with Gasteiger partial charge in [0.15, 0.2) is 0 Å². The number of hydrogen-bond donors (Lipinski definition) is 2. The molecule has 2 aromatic heterocycles. The van der Waals surface area contributed by atoms with E-state index in [0.717, 1.165) is 17.2 Å². The highest BCUT2D eigenvalue weighted by Crippen LogP contribution is 2.20. The summed E-state index contributed by atoms with van der Waals surface area (Å²) in [5, 5.41) is 3.31. The number of halogens is 1. The van der Waals surface area contributed by atoms with Gasteiger partial charge in [-0.25, -0.2) is 14.4 Å². The quantitative estimate of drug-likeness (QED) is 0.761. The number of aryl methyl sites for hydroxylation is 1. The number of nitrogens with zero attached hydrogens (tertiary/aromatic N) is 3. The number of aromatic amines is 1. The molecule has 114 valence electrons. The summed E-state index contributed by atoms with van der Waals surface area (Å²) >= 11 is 0. The van der Waals surface area contributed by atoms with Gasteiger partial charge in [-0.2, -0.15) is 0 Å². The molecule has 0 saturated carbocycles. The highest BCUT2D eigenvalue weighted by Gasteiger charge is 2.11. The lowest BCUT2D eigenvalue weighted by molar-refractivity contribution is 0.553. The molecular weight excluding hydrogens is 281 g/mol. The van der Waals surface area contributed by atoms with Crippen LogP contribution in [0.4, 0.5) is 4.39 Å². The molecule has 0 amide bonds. The van der Waals surface area contributed by atoms with E-state index < -0.39 is 0 Å². The lowest BCUT2D eigenvalue weighted by Gasteiger charge is -2.15. The van der Waals surface area contributed by atoms with E-state index in [1.54, 1.807) is 41.5 Å². The number of H-pyrrole nitrogens is 1. The summed E-state index contributed by atoms with van der Waals surface area (Å²) in [7, 11) is 0. The van der Waals surface area contributed by atoms with Crippen LogP contribution in [0.25, 0.3) is 5.69 Å². The predicted octanol–water partition coefficient (Wildman–Crippen LogP) is 2.89. The molecule has 0 aliphatic carbocycles. The highest BCUT2D eigenvalue weighted by molar-refractivity contribution is 5.38. The molecule has 0 aliphatic rings. The maximum Gasteiger partial charge on any atom is 0.147 e. The summed E-state index contributed by atoms with van der Waals surface area (Å²) in [6.45, 7) is 4.46. The van der Waals surface area contributed by atoms with Gasteiger partial charge in [0.2, 0.25) is 0 Å². The van der Waals surface area contributed by atoms with E-state index in [2.05, 4.69) is 20.3 Å². The highest BCUT2D eigenvalue weighted by atomic mass is 19.1. The minimum atomic E-state index is -0.259. The molecule has 5 nitrogen and oxygen atoms in total. The van der Waals surface area contributed by atoms with Gasteiger partial charge in [0, 0.05) is 30.8 Å². The maximum atomic E-state index is 14.4. The van der Waals surface area contributed by atoms with Crippen LogP contribution in [-0.2, 0) is 6.54 Å². The Kier molecular flexibility index (Phi) is 4.02. The van der Waals surface area contributed by atoms with Crippen molar-refractivity contribution in [3.8, 4) is 5.69 Å². The summed E-state index contributed by atoms with van der Waals surface area (Å²) in [5.41, 5.74) is 1.41. The molecule has 0 aliphatic heterocycles. The van der Waals surface area contributed by atoms with Gasteiger partial charge in [-0.1, -0.05) is 6.07 Å². The molecule has 0 spiro atoms. The number of benzene rings is 1. The molecule has 2 heterocycles. The van der Waals surface area contributed by atoms with Crippen molar-refractivity contribution in [1.82, 2.24) is 24.8 Å². The smallest absolute Gasteiger partial charge is 0.147 e. The summed E-state index contributed by atoms with van der Waals surface area (Å²) in [4.78, 5) is 11.3. The van der Waals surface area contributed by atoms with Gasteiger partial charge in [-0.3, -0.25) is 0 Å². The van der Waals surface area contributed by atoms with E-state index in [1.165, 1.54) is 0 Å². The minimum absolute atomic E-state index is 0.0255. The second-order valence-electron chi connectivity index (χ2n) is 5.19. The molecule has 22 heavy (non-hydrogen) atoms. The van der Waals surface area contributed by atoms with Crippen LogP contribution in [0.3, 0.4) is 0 Å². The van der Waals surface area contributed by atoms with Gasteiger partial charge in [0.05, 0.1) is 12.2 Å². The number of rotatable bonds is 5. The van der Waals surface area contributed by atoms with Gasteiger partial charge >= 0.3 is 0 Å². The van der Waals surface area contributed by atoms with E-state index in [-0.39, 0.29) is 11.9 Å².